The lowest BCUT2D eigenvalue weighted by Crippen LogP contribution is -2.36. The van der Waals surface area contributed by atoms with Crippen LogP contribution in [0.25, 0.3) is 11.2 Å². The molecule has 1 N–H and O–H groups in total. The molecule has 3 aromatic rings. The molecule has 0 bridgehead atoms. The third kappa shape index (κ3) is 2.95. The maximum Gasteiger partial charge on any atom is 0.330 e. The highest BCUT2D eigenvalue weighted by molar-refractivity contribution is 9.10. The van der Waals surface area contributed by atoms with E-state index in [1.54, 1.807) is 11.5 Å². The zero-order valence-corrected chi connectivity index (χ0v) is 14.5. The van der Waals surface area contributed by atoms with E-state index in [0.29, 0.717) is 4.73 Å². The molecule has 9 nitrogen and oxygen atoms in total. The van der Waals surface area contributed by atoms with Gasteiger partial charge in [0.1, 0.15) is 6.07 Å². The maximum atomic E-state index is 12.8. The van der Waals surface area contributed by atoms with Gasteiger partial charge in [-0.25, -0.2) is 14.8 Å². The third-order valence-electron chi connectivity index (χ3n) is 3.44. The number of imidazole rings is 1. The summed E-state index contributed by atoms with van der Waals surface area (Å²) in [6.07, 6.45) is 2.76. The number of fused-ring (bicyclic) bond motifs is 1. The summed E-state index contributed by atoms with van der Waals surface area (Å²) in [5.41, 5.74) is -0.543. The van der Waals surface area contributed by atoms with Crippen molar-refractivity contribution in [3.63, 3.8) is 0 Å². The van der Waals surface area contributed by atoms with Gasteiger partial charge in [-0.1, -0.05) is 5.92 Å². The van der Waals surface area contributed by atoms with Crippen LogP contribution in [0, 0.1) is 23.2 Å². The van der Waals surface area contributed by atoms with Crippen molar-refractivity contribution < 1.29 is 0 Å². The summed E-state index contributed by atoms with van der Waals surface area (Å²) in [6, 6.07) is 1.89. The van der Waals surface area contributed by atoms with Gasteiger partial charge in [-0.05, 0) is 22.9 Å². The van der Waals surface area contributed by atoms with Gasteiger partial charge in [-0.2, -0.15) is 5.26 Å². The van der Waals surface area contributed by atoms with Gasteiger partial charge >= 0.3 is 5.69 Å². The monoisotopic (exact) mass is 399 g/mol. The van der Waals surface area contributed by atoms with Gasteiger partial charge in [0.15, 0.2) is 21.6 Å². The summed E-state index contributed by atoms with van der Waals surface area (Å²) in [6.45, 7) is 1.75. The number of nitriles is 1. The number of hydrogen-bond acceptors (Lipinski definition) is 6. The number of halogens is 1. The molecule has 3 heterocycles. The lowest BCUT2D eigenvalue weighted by atomic mass is 10.3. The lowest BCUT2D eigenvalue weighted by molar-refractivity contribution is 0.684. The molecular formula is C15H10BrN7O2. The highest BCUT2D eigenvalue weighted by Crippen LogP contribution is 2.14. The van der Waals surface area contributed by atoms with E-state index < -0.39 is 11.2 Å². The van der Waals surface area contributed by atoms with Crippen LogP contribution in [0.4, 0.5) is 0 Å². The minimum atomic E-state index is -0.647. The van der Waals surface area contributed by atoms with Crippen molar-refractivity contribution in [2.24, 2.45) is 0 Å². The maximum absolute atomic E-state index is 12.8. The Morgan fingerprint density at radius 2 is 2.04 bits per heavy atom. The molecular weight excluding hydrogens is 390 g/mol. The van der Waals surface area contributed by atoms with Crippen molar-refractivity contribution >= 4 is 27.1 Å². The Labute approximate surface area is 149 Å². The number of rotatable bonds is 3. The van der Waals surface area contributed by atoms with Crippen molar-refractivity contribution in [1.82, 2.24) is 29.1 Å². The Hall–Kier alpha value is -3.24. The first kappa shape index (κ1) is 16.6. The molecule has 10 heteroatoms. The second-order valence-corrected chi connectivity index (χ2v) is 5.59. The SMILES string of the molecule is CC#CCn1c(Br)nc2[nH]c(=O)n(Cc3nccnc3C#N)c(=O)c21. The number of aromatic nitrogens is 6. The number of hydrogen-bond donors (Lipinski definition) is 1. The van der Waals surface area contributed by atoms with E-state index in [2.05, 4.69) is 47.7 Å². The summed E-state index contributed by atoms with van der Waals surface area (Å²) >= 11 is 3.26. The fourth-order valence-corrected chi connectivity index (χ4v) is 2.77. The van der Waals surface area contributed by atoms with Crippen molar-refractivity contribution in [2.45, 2.75) is 20.0 Å². The van der Waals surface area contributed by atoms with E-state index in [9.17, 15) is 9.59 Å². The van der Waals surface area contributed by atoms with E-state index in [-0.39, 0.29) is 35.6 Å². The molecule has 0 aromatic carbocycles. The largest absolute Gasteiger partial charge is 0.330 e. The average molecular weight is 400 g/mol. The Morgan fingerprint density at radius 3 is 2.76 bits per heavy atom. The van der Waals surface area contributed by atoms with Gasteiger partial charge in [0, 0.05) is 12.4 Å². The summed E-state index contributed by atoms with van der Waals surface area (Å²) in [5.74, 6) is 5.59. The number of H-pyrrole nitrogens is 1. The normalized spacial score (nSPS) is 10.3. The summed E-state index contributed by atoms with van der Waals surface area (Å²) < 4.78 is 2.90. The van der Waals surface area contributed by atoms with Gasteiger partial charge in [0.25, 0.3) is 5.56 Å². The molecule has 124 valence electrons. The second kappa shape index (κ2) is 6.71. The minimum Gasteiger partial charge on any atom is -0.301 e. The molecule has 0 aliphatic rings. The predicted octanol–water partition coefficient (Wildman–Crippen LogP) is 0.382. The third-order valence-corrected chi connectivity index (χ3v) is 4.05. The second-order valence-electron chi connectivity index (χ2n) is 4.88. The van der Waals surface area contributed by atoms with Crippen LogP contribution < -0.4 is 11.2 Å². The van der Waals surface area contributed by atoms with E-state index in [0.717, 1.165) is 4.57 Å². The van der Waals surface area contributed by atoms with Crippen molar-refractivity contribution in [3.05, 3.63) is 49.4 Å². The first-order valence-electron chi connectivity index (χ1n) is 7.05. The van der Waals surface area contributed by atoms with E-state index in [1.807, 2.05) is 6.07 Å². The molecule has 25 heavy (non-hydrogen) atoms. The van der Waals surface area contributed by atoms with Crippen molar-refractivity contribution in [1.29, 1.82) is 5.26 Å². The highest BCUT2D eigenvalue weighted by atomic mass is 79.9. The van der Waals surface area contributed by atoms with E-state index in [1.165, 1.54) is 12.4 Å². The Bertz CT molecular complexity index is 1190. The molecule has 0 amide bonds. The highest BCUT2D eigenvalue weighted by Gasteiger charge is 2.17. The standard InChI is InChI=1S/C15H10BrN7O2/c1-2-3-6-22-11-12(20-14(22)16)21-15(25)23(13(11)24)8-10-9(7-17)18-4-5-19-10/h4-5H,6,8H2,1H3,(H,21,25). The zero-order valence-electron chi connectivity index (χ0n) is 12.9. The van der Waals surface area contributed by atoms with Crippen LogP contribution in [0.5, 0.6) is 0 Å². The van der Waals surface area contributed by atoms with Gasteiger partial charge < -0.3 is 4.57 Å². The zero-order chi connectivity index (χ0) is 18.0. The number of nitrogens with zero attached hydrogens (tertiary/aromatic N) is 6. The fourth-order valence-electron chi connectivity index (χ4n) is 2.29. The Morgan fingerprint density at radius 1 is 1.28 bits per heavy atom. The summed E-state index contributed by atoms with van der Waals surface area (Å²) in [7, 11) is 0. The van der Waals surface area contributed by atoms with Crippen molar-refractivity contribution in [3.8, 4) is 17.9 Å². The van der Waals surface area contributed by atoms with Gasteiger partial charge in [0.05, 0.1) is 18.8 Å². The van der Waals surface area contributed by atoms with Gasteiger partial charge in [-0.15, -0.1) is 5.92 Å². The molecule has 0 spiro atoms. The minimum absolute atomic E-state index is 0.0560. The number of nitrogens with one attached hydrogen (secondary N) is 1. The van der Waals surface area contributed by atoms with Crippen LogP contribution >= 0.6 is 15.9 Å². The van der Waals surface area contributed by atoms with Crippen LogP contribution in [0.2, 0.25) is 0 Å². The van der Waals surface area contributed by atoms with E-state index in [4.69, 9.17) is 5.26 Å². The molecule has 3 aromatic heterocycles. The topological polar surface area (TPSA) is 122 Å². The molecule has 0 unspecified atom stereocenters. The molecule has 0 saturated heterocycles. The first-order valence-corrected chi connectivity index (χ1v) is 7.84. The Balaban J connectivity index is 2.22. The van der Waals surface area contributed by atoms with Crippen LogP contribution in [-0.2, 0) is 13.1 Å². The quantitative estimate of drug-likeness (QED) is 0.501. The van der Waals surface area contributed by atoms with Gasteiger partial charge in [0.2, 0.25) is 0 Å². The van der Waals surface area contributed by atoms with Crippen LogP contribution in [-0.4, -0.2) is 29.1 Å². The lowest BCUT2D eigenvalue weighted by Gasteiger charge is -2.06. The molecule has 0 fully saturated rings. The summed E-state index contributed by atoms with van der Waals surface area (Å²) in [4.78, 5) is 39.7. The molecule has 3 rings (SSSR count). The average Bonchev–Trinajstić information content (AvgIpc) is 2.92. The van der Waals surface area contributed by atoms with Crippen LogP contribution in [0.15, 0.2) is 26.7 Å². The molecule has 0 aliphatic heterocycles. The summed E-state index contributed by atoms with van der Waals surface area (Å²) in [5, 5.41) is 9.09. The van der Waals surface area contributed by atoms with Crippen molar-refractivity contribution in [2.75, 3.05) is 0 Å². The first-order chi connectivity index (χ1) is 12.1. The predicted molar refractivity (Wildman–Crippen MR) is 91.6 cm³/mol. The fraction of sp³-hybridized carbons (Fsp3) is 0.200. The molecule has 0 saturated carbocycles. The molecule has 0 aliphatic carbocycles. The number of aromatic amines is 1. The van der Waals surface area contributed by atoms with Crippen LogP contribution in [0.3, 0.4) is 0 Å². The smallest absolute Gasteiger partial charge is 0.301 e. The van der Waals surface area contributed by atoms with E-state index >= 15 is 0 Å². The Kier molecular flexibility index (Phi) is 4.46. The van der Waals surface area contributed by atoms with Crippen LogP contribution in [0.1, 0.15) is 18.3 Å². The van der Waals surface area contributed by atoms with Gasteiger partial charge in [-0.3, -0.25) is 19.3 Å². The molecule has 0 radical (unpaired) electrons. The molecule has 0 atom stereocenters.